The van der Waals surface area contributed by atoms with Crippen molar-refractivity contribution in [3.63, 3.8) is 0 Å². The molecule has 1 heteroatoms. The highest BCUT2D eigenvalue weighted by Crippen LogP contribution is 2.34. The van der Waals surface area contributed by atoms with Gasteiger partial charge < -0.3 is 5.11 Å². The zero-order valence-corrected chi connectivity index (χ0v) is 13.3. The predicted molar refractivity (Wildman–Crippen MR) is 81.8 cm³/mol. The van der Waals surface area contributed by atoms with E-state index in [0.717, 1.165) is 19.3 Å². The summed E-state index contributed by atoms with van der Waals surface area (Å²) in [6.07, 6.45) is 8.02. The SMILES string of the molecule is C=C([C@H](CC)[C@H](O)CCCCCCC)C(C)(C)C. The molecular formula is C17H34O. The van der Waals surface area contributed by atoms with Gasteiger partial charge in [0.2, 0.25) is 0 Å². The Labute approximate surface area is 115 Å². The van der Waals surface area contributed by atoms with Gasteiger partial charge in [-0.2, -0.15) is 0 Å². The molecule has 0 radical (unpaired) electrons. The van der Waals surface area contributed by atoms with Crippen LogP contribution in [-0.4, -0.2) is 11.2 Å². The molecule has 0 saturated carbocycles. The highest BCUT2D eigenvalue weighted by Gasteiger charge is 2.27. The fourth-order valence-corrected chi connectivity index (χ4v) is 2.47. The summed E-state index contributed by atoms with van der Waals surface area (Å²) in [6.45, 7) is 15.2. The van der Waals surface area contributed by atoms with E-state index in [1.165, 1.54) is 31.3 Å². The van der Waals surface area contributed by atoms with Crippen LogP contribution in [0, 0.1) is 11.3 Å². The molecule has 0 aliphatic heterocycles. The molecule has 0 aromatic rings. The Bertz CT molecular complexity index is 224. The minimum Gasteiger partial charge on any atom is -0.393 e. The van der Waals surface area contributed by atoms with E-state index in [9.17, 15) is 5.11 Å². The molecule has 108 valence electrons. The first kappa shape index (κ1) is 17.7. The van der Waals surface area contributed by atoms with E-state index in [1.54, 1.807) is 0 Å². The van der Waals surface area contributed by atoms with Crippen molar-refractivity contribution in [2.75, 3.05) is 0 Å². The molecule has 0 bridgehead atoms. The van der Waals surface area contributed by atoms with E-state index in [1.807, 2.05) is 0 Å². The second-order valence-electron chi connectivity index (χ2n) is 6.56. The molecule has 0 spiro atoms. The van der Waals surface area contributed by atoms with Crippen LogP contribution < -0.4 is 0 Å². The van der Waals surface area contributed by atoms with E-state index in [-0.39, 0.29) is 17.4 Å². The zero-order valence-electron chi connectivity index (χ0n) is 13.3. The van der Waals surface area contributed by atoms with E-state index >= 15 is 0 Å². The monoisotopic (exact) mass is 254 g/mol. The van der Waals surface area contributed by atoms with E-state index in [4.69, 9.17) is 0 Å². The number of aliphatic hydroxyl groups is 1. The molecular weight excluding hydrogens is 220 g/mol. The molecule has 18 heavy (non-hydrogen) atoms. The van der Waals surface area contributed by atoms with Crippen LogP contribution in [0.15, 0.2) is 12.2 Å². The average Bonchev–Trinajstić information content (AvgIpc) is 2.28. The molecule has 0 aliphatic rings. The maximum absolute atomic E-state index is 10.3. The maximum Gasteiger partial charge on any atom is 0.0605 e. The normalized spacial score (nSPS) is 15.4. The van der Waals surface area contributed by atoms with Gasteiger partial charge in [-0.15, -0.1) is 0 Å². The quantitative estimate of drug-likeness (QED) is 0.435. The van der Waals surface area contributed by atoms with Crippen LogP contribution in [0.3, 0.4) is 0 Å². The largest absolute Gasteiger partial charge is 0.393 e. The highest BCUT2D eigenvalue weighted by molar-refractivity contribution is 5.11. The lowest BCUT2D eigenvalue weighted by Gasteiger charge is -2.32. The lowest BCUT2D eigenvalue weighted by molar-refractivity contribution is 0.101. The molecule has 0 fully saturated rings. The van der Waals surface area contributed by atoms with Crippen molar-refractivity contribution in [1.29, 1.82) is 0 Å². The van der Waals surface area contributed by atoms with Crippen molar-refractivity contribution < 1.29 is 5.11 Å². The summed E-state index contributed by atoms with van der Waals surface area (Å²) in [6, 6.07) is 0. The molecule has 0 aromatic heterocycles. The molecule has 1 N–H and O–H groups in total. The van der Waals surface area contributed by atoms with Crippen molar-refractivity contribution in [3.05, 3.63) is 12.2 Å². The molecule has 0 unspecified atom stereocenters. The average molecular weight is 254 g/mol. The fourth-order valence-electron chi connectivity index (χ4n) is 2.47. The van der Waals surface area contributed by atoms with Gasteiger partial charge in [-0.05, 0) is 18.3 Å². The summed E-state index contributed by atoms with van der Waals surface area (Å²) in [5.74, 6) is 0.260. The Morgan fingerprint density at radius 3 is 2.06 bits per heavy atom. The van der Waals surface area contributed by atoms with Crippen LogP contribution in [0.1, 0.15) is 79.6 Å². The fraction of sp³-hybridized carbons (Fsp3) is 0.882. The van der Waals surface area contributed by atoms with Crippen molar-refractivity contribution in [2.24, 2.45) is 11.3 Å². The number of aliphatic hydroxyl groups excluding tert-OH is 1. The minimum absolute atomic E-state index is 0.101. The second-order valence-corrected chi connectivity index (χ2v) is 6.56. The summed E-state index contributed by atoms with van der Waals surface area (Å²) in [4.78, 5) is 0. The van der Waals surface area contributed by atoms with Crippen molar-refractivity contribution in [1.82, 2.24) is 0 Å². The Morgan fingerprint density at radius 2 is 1.61 bits per heavy atom. The summed E-state index contributed by atoms with van der Waals surface area (Å²) >= 11 is 0. The molecule has 0 amide bonds. The molecule has 2 atom stereocenters. The third-order valence-corrected chi connectivity index (χ3v) is 3.92. The standard InChI is InChI=1S/C17H34O/c1-7-9-10-11-12-13-16(18)15(8-2)14(3)17(4,5)6/h15-16,18H,3,7-13H2,1-2,4-6H3/t15-,16+/m0/s1. The second kappa shape index (κ2) is 8.74. The summed E-state index contributed by atoms with van der Waals surface area (Å²) in [7, 11) is 0. The van der Waals surface area contributed by atoms with Gasteiger partial charge >= 0.3 is 0 Å². The number of hydrogen-bond acceptors (Lipinski definition) is 1. The van der Waals surface area contributed by atoms with Crippen LogP contribution in [-0.2, 0) is 0 Å². The van der Waals surface area contributed by atoms with Crippen molar-refractivity contribution in [2.45, 2.75) is 85.7 Å². The van der Waals surface area contributed by atoms with E-state index in [2.05, 4.69) is 41.2 Å². The lowest BCUT2D eigenvalue weighted by atomic mass is 9.75. The lowest BCUT2D eigenvalue weighted by Crippen LogP contribution is -2.27. The first-order valence-corrected chi connectivity index (χ1v) is 7.71. The Hall–Kier alpha value is -0.300. The summed E-state index contributed by atoms with van der Waals surface area (Å²) in [5.41, 5.74) is 1.30. The molecule has 0 heterocycles. The van der Waals surface area contributed by atoms with Crippen molar-refractivity contribution in [3.8, 4) is 0 Å². The maximum atomic E-state index is 10.3. The van der Waals surface area contributed by atoms with Gasteiger partial charge in [-0.25, -0.2) is 0 Å². The predicted octanol–water partition coefficient (Wildman–Crippen LogP) is 5.34. The first-order chi connectivity index (χ1) is 8.34. The van der Waals surface area contributed by atoms with Crippen molar-refractivity contribution >= 4 is 0 Å². The van der Waals surface area contributed by atoms with Gasteiger partial charge in [0.15, 0.2) is 0 Å². The van der Waals surface area contributed by atoms with Gasteiger partial charge in [-0.3, -0.25) is 0 Å². The molecule has 1 nitrogen and oxygen atoms in total. The first-order valence-electron chi connectivity index (χ1n) is 7.71. The molecule has 0 aliphatic carbocycles. The van der Waals surface area contributed by atoms with Crippen LogP contribution in [0.25, 0.3) is 0 Å². The van der Waals surface area contributed by atoms with Gasteiger partial charge in [0, 0.05) is 5.92 Å². The minimum atomic E-state index is -0.205. The summed E-state index contributed by atoms with van der Waals surface area (Å²) < 4.78 is 0. The van der Waals surface area contributed by atoms with Gasteiger partial charge in [0.25, 0.3) is 0 Å². The number of rotatable bonds is 9. The van der Waals surface area contributed by atoms with Crippen LogP contribution in [0.2, 0.25) is 0 Å². The molecule has 0 saturated heterocycles. The Morgan fingerprint density at radius 1 is 1.06 bits per heavy atom. The van der Waals surface area contributed by atoms with Crippen LogP contribution in [0.5, 0.6) is 0 Å². The third kappa shape index (κ3) is 6.58. The summed E-state index contributed by atoms with van der Waals surface area (Å²) in [5, 5.41) is 10.3. The van der Waals surface area contributed by atoms with Gasteiger partial charge in [0.05, 0.1) is 6.10 Å². The number of hydrogen-bond donors (Lipinski definition) is 1. The van der Waals surface area contributed by atoms with Gasteiger partial charge in [-0.1, -0.05) is 78.9 Å². The molecule has 0 rings (SSSR count). The van der Waals surface area contributed by atoms with E-state index in [0.29, 0.717) is 0 Å². The Kier molecular flexibility index (Phi) is 8.60. The van der Waals surface area contributed by atoms with Crippen LogP contribution in [0.4, 0.5) is 0 Å². The highest BCUT2D eigenvalue weighted by atomic mass is 16.3. The van der Waals surface area contributed by atoms with Gasteiger partial charge in [0.1, 0.15) is 0 Å². The van der Waals surface area contributed by atoms with Crippen LogP contribution >= 0.6 is 0 Å². The smallest absolute Gasteiger partial charge is 0.0605 e. The Balaban J connectivity index is 4.11. The zero-order chi connectivity index (χ0) is 14.2. The molecule has 0 aromatic carbocycles. The third-order valence-electron chi connectivity index (χ3n) is 3.92. The number of unbranched alkanes of at least 4 members (excludes halogenated alkanes) is 4. The topological polar surface area (TPSA) is 20.2 Å². The van der Waals surface area contributed by atoms with E-state index < -0.39 is 0 Å².